The maximum atomic E-state index is 7.01. The summed E-state index contributed by atoms with van der Waals surface area (Å²) in [5.41, 5.74) is 4.92. The second-order valence-corrected chi connectivity index (χ2v) is 14.3. The molecule has 0 saturated carbocycles. The summed E-state index contributed by atoms with van der Waals surface area (Å²) in [6.07, 6.45) is 9.52. The number of hydrogen-bond donors (Lipinski definition) is 0. The van der Waals surface area contributed by atoms with Crippen LogP contribution in [0, 0.1) is 26.8 Å². The zero-order chi connectivity index (χ0) is 37.2. The van der Waals surface area contributed by atoms with Gasteiger partial charge in [-0.1, -0.05) is 126 Å². The van der Waals surface area contributed by atoms with Crippen LogP contribution >= 0.6 is 0 Å². The molecule has 52 heavy (non-hydrogen) atoms. The number of fused-ring (bicyclic) bond motifs is 1. The third-order valence-electron chi connectivity index (χ3n) is 9.97. The van der Waals surface area contributed by atoms with Crippen molar-refractivity contribution in [2.75, 3.05) is 19.6 Å². The van der Waals surface area contributed by atoms with Crippen molar-refractivity contribution in [1.29, 1.82) is 0 Å². The average Bonchev–Trinajstić information content (AvgIpc) is 3.16. The van der Waals surface area contributed by atoms with Crippen molar-refractivity contribution in [2.45, 2.75) is 106 Å². The summed E-state index contributed by atoms with van der Waals surface area (Å²) < 4.78 is 21.1. The van der Waals surface area contributed by atoms with E-state index in [1.165, 1.54) is 80.4 Å². The summed E-state index contributed by atoms with van der Waals surface area (Å²) in [6, 6.07) is 40.5. The lowest BCUT2D eigenvalue weighted by Gasteiger charge is -2.46. The Morgan fingerprint density at radius 3 is 1.52 bits per heavy atom. The first-order valence-corrected chi connectivity index (χ1v) is 19.8. The van der Waals surface area contributed by atoms with E-state index < -0.39 is 7.32 Å². The van der Waals surface area contributed by atoms with Gasteiger partial charge in [-0.2, -0.15) is 35.9 Å². The fraction of sp³-hybridized carbons (Fsp3) is 0.404. The van der Waals surface area contributed by atoms with E-state index in [0.717, 1.165) is 33.8 Å². The Labute approximate surface area is 315 Å². The van der Waals surface area contributed by atoms with Gasteiger partial charge in [0, 0.05) is 11.8 Å². The van der Waals surface area contributed by atoms with Gasteiger partial charge in [-0.15, -0.1) is 0 Å². The van der Waals surface area contributed by atoms with Gasteiger partial charge in [0.25, 0.3) is 0 Å². The van der Waals surface area contributed by atoms with Crippen LogP contribution in [-0.2, 0) is 0 Å². The Bertz CT molecular complexity index is 1650. The van der Waals surface area contributed by atoms with Gasteiger partial charge in [0.05, 0.1) is 25.2 Å². The SMILES string of the molecule is CCCC[N+](CCCC)(CCCC)C(CCC)c1ccc2ccccc2c1OB(Oc1ccc(C)cc1)Oc1ccc(C)cc1.Cc1cc[c-]cc1. The van der Waals surface area contributed by atoms with Crippen molar-refractivity contribution < 1.29 is 18.4 Å². The molecule has 1 atom stereocenters. The molecule has 0 radical (unpaired) electrons. The van der Waals surface area contributed by atoms with E-state index >= 15 is 0 Å². The van der Waals surface area contributed by atoms with E-state index in [0.29, 0.717) is 17.5 Å². The molecule has 276 valence electrons. The molecule has 5 aromatic rings. The van der Waals surface area contributed by atoms with Crippen LogP contribution in [0.3, 0.4) is 0 Å². The fourth-order valence-electron chi connectivity index (χ4n) is 6.97. The van der Waals surface area contributed by atoms with Crippen LogP contribution in [0.4, 0.5) is 0 Å². The van der Waals surface area contributed by atoms with Gasteiger partial charge in [0.1, 0.15) is 23.3 Å². The maximum absolute atomic E-state index is 7.01. The van der Waals surface area contributed by atoms with E-state index in [1.807, 2.05) is 48.5 Å². The van der Waals surface area contributed by atoms with E-state index in [2.05, 4.69) is 115 Å². The van der Waals surface area contributed by atoms with Crippen LogP contribution in [0.5, 0.6) is 17.2 Å². The molecule has 0 aromatic heterocycles. The minimum absolute atomic E-state index is 0.318. The Morgan fingerprint density at radius 2 is 1.06 bits per heavy atom. The summed E-state index contributed by atoms with van der Waals surface area (Å²) in [4.78, 5) is 0. The Hall–Kier alpha value is -4.22. The first-order valence-electron chi connectivity index (χ1n) is 19.8. The number of benzene rings is 5. The number of hydrogen-bond acceptors (Lipinski definition) is 3. The third-order valence-corrected chi connectivity index (χ3v) is 9.97. The highest BCUT2D eigenvalue weighted by molar-refractivity contribution is 6.40. The van der Waals surface area contributed by atoms with Gasteiger partial charge in [0.15, 0.2) is 0 Å². The molecular formula is C47H62BNO3. The second kappa shape index (κ2) is 21.3. The molecule has 5 aromatic carbocycles. The molecule has 0 aliphatic rings. The van der Waals surface area contributed by atoms with Crippen molar-refractivity contribution in [3.63, 3.8) is 0 Å². The average molecular weight is 700 g/mol. The molecule has 0 N–H and O–H groups in total. The molecule has 0 bridgehead atoms. The fourth-order valence-corrected chi connectivity index (χ4v) is 6.97. The quantitative estimate of drug-likeness (QED) is 0.0488. The summed E-state index contributed by atoms with van der Waals surface area (Å²) >= 11 is 0. The van der Waals surface area contributed by atoms with Gasteiger partial charge < -0.3 is 18.4 Å². The molecule has 5 heteroatoms. The first kappa shape index (κ1) is 40.6. The zero-order valence-electron chi connectivity index (χ0n) is 33.0. The topological polar surface area (TPSA) is 27.7 Å². The largest absolute Gasteiger partial charge is 0.864 e. The normalized spacial score (nSPS) is 11.8. The van der Waals surface area contributed by atoms with Gasteiger partial charge in [-0.25, -0.2) is 0 Å². The monoisotopic (exact) mass is 699 g/mol. The van der Waals surface area contributed by atoms with Crippen molar-refractivity contribution in [3.05, 3.63) is 138 Å². The van der Waals surface area contributed by atoms with Crippen molar-refractivity contribution in [2.24, 2.45) is 0 Å². The van der Waals surface area contributed by atoms with Crippen molar-refractivity contribution in [3.8, 4) is 17.2 Å². The molecule has 0 spiro atoms. The predicted octanol–water partition coefficient (Wildman–Crippen LogP) is 12.8. The Kier molecular flexibility index (Phi) is 16.6. The number of rotatable bonds is 19. The molecule has 5 rings (SSSR count). The molecule has 0 saturated heterocycles. The van der Waals surface area contributed by atoms with Crippen molar-refractivity contribution in [1.82, 2.24) is 0 Å². The highest BCUT2D eigenvalue weighted by Gasteiger charge is 2.40. The first-order chi connectivity index (χ1) is 25.3. The predicted molar refractivity (Wildman–Crippen MR) is 221 cm³/mol. The van der Waals surface area contributed by atoms with E-state index in [9.17, 15) is 0 Å². The van der Waals surface area contributed by atoms with Crippen LogP contribution in [0.15, 0.2) is 109 Å². The summed E-state index contributed by atoms with van der Waals surface area (Å²) in [6.45, 7) is 19.1. The maximum Gasteiger partial charge on any atom is 0.864 e. The molecular weight excluding hydrogens is 637 g/mol. The minimum Gasteiger partial charge on any atom is -0.490 e. The van der Waals surface area contributed by atoms with Gasteiger partial charge in [0.2, 0.25) is 0 Å². The van der Waals surface area contributed by atoms with Crippen LogP contribution in [0.25, 0.3) is 10.8 Å². The lowest BCUT2D eigenvalue weighted by Crippen LogP contribution is -2.53. The lowest BCUT2D eigenvalue weighted by molar-refractivity contribution is -0.958. The Balaban J connectivity index is 0.000000771. The summed E-state index contributed by atoms with van der Waals surface area (Å²) in [7, 11) is -0.967. The van der Waals surface area contributed by atoms with E-state index in [1.54, 1.807) is 0 Å². The molecule has 0 aliphatic heterocycles. The van der Waals surface area contributed by atoms with Gasteiger partial charge in [-0.3, -0.25) is 0 Å². The number of nitrogens with zero attached hydrogens (tertiary/aromatic N) is 1. The van der Waals surface area contributed by atoms with Crippen molar-refractivity contribution >= 4 is 18.1 Å². The highest BCUT2D eigenvalue weighted by Crippen LogP contribution is 2.43. The smallest absolute Gasteiger partial charge is 0.490 e. The molecule has 0 heterocycles. The van der Waals surface area contributed by atoms with E-state index in [4.69, 9.17) is 14.0 Å². The standard InChI is InChI=1S/C40H55BNO3.C7H7/c1-7-11-29-42(30-12-8-2,31-13-9-3)39(16-10-4)38-28-23-34-17-14-15-18-37(34)40(38)45-41(43-35-24-19-32(5)20-25-35)44-36-26-21-33(6)22-27-36;1-7-5-3-2-4-6-7/h14-15,17-28,39H,7-13,16,29-31H2,1-6H3;3-6H,1H3/q+1;-1. The van der Waals surface area contributed by atoms with Crippen LogP contribution in [-0.4, -0.2) is 31.4 Å². The lowest BCUT2D eigenvalue weighted by atomic mass is 9.92. The number of quaternary nitrogens is 1. The van der Waals surface area contributed by atoms with E-state index in [-0.39, 0.29) is 0 Å². The van der Waals surface area contributed by atoms with Crippen LogP contribution in [0.1, 0.15) is 107 Å². The zero-order valence-corrected chi connectivity index (χ0v) is 33.0. The molecule has 0 aliphatic carbocycles. The third kappa shape index (κ3) is 11.9. The van der Waals surface area contributed by atoms with Crippen LogP contribution < -0.4 is 14.0 Å². The van der Waals surface area contributed by atoms with Gasteiger partial charge >= 0.3 is 7.32 Å². The highest BCUT2D eigenvalue weighted by atomic mass is 16.7. The summed E-state index contributed by atoms with van der Waals surface area (Å²) in [5.74, 6) is 2.30. The molecule has 0 amide bonds. The van der Waals surface area contributed by atoms with Crippen LogP contribution in [0.2, 0.25) is 0 Å². The second-order valence-electron chi connectivity index (χ2n) is 14.3. The van der Waals surface area contributed by atoms with Gasteiger partial charge in [-0.05, 0) is 68.8 Å². The number of aryl methyl sites for hydroxylation is 3. The number of unbranched alkanes of at least 4 members (excludes halogenated alkanes) is 3. The minimum atomic E-state index is -0.967. The molecule has 1 unspecified atom stereocenters. The molecule has 4 nitrogen and oxygen atoms in total. The molecule has 0 fully saturated rings. The Morgan fingerprint density at radius 1 is 0.558 bits per heavy atom. The summed E-state index contributed by atoms with van der Waals surface area (Å²) in [5, 5.41) is 2.25.